The van der Waals surface area contributed by atoms with Crippen LogP contribution in [-0.4, -0.2) is 17.9 Å². The second-order valence-electron chi connectivity index (χ2n) is 4.63. The summed E-state index contributed by atoms with van der Waals surface area (Å²) in [6.45, 7) is 0. The number of benzene rings is 2. The molecule has 0 heterocycles. The molecule has 0 aromatic heterocycles. The van der Waals surface area contributed by atoms with E-state index in [0.717, 1.165) is 11.6 Å². The maximum atomic E-state index is 13.1. The minimum Gasteiger partial charge on any atom is -0.368 e. The summed E-state index contributed by atoms with van der Waals surface area (Å²) in [5.74, 6) is -1.68. The Morgan fingerprint density at radius 2 is 1.81 bits per heavy atom. The first kappa shape index (κ1) is 14.7. The molecule has 0 radical (unpaired) electrons. The molecule has 0 aliphatic carbocycles. The summed E-state index contributed by atoms with van der Waals surface area (Å²) in [6, 6.07) is 13.6. The van der Waals surface area contributed by atoms with Gasteiger partial charge in [-0.1, -0.05) is 36.4 Å². The highest BCUT2D eigenvalue weighted by Gasteiger charge is 2.19. The van der Waals surface area contributed by atoms with E-state index >= 15 is 0 Å². The lowest BCUT2D eigenvalue weighted by molar-refractivity contribution is -0.119. The lowest BCUT2D eigenvalue weighted by atomic mass is 10.0. The third-order valence-corrected chi connectivity index (χ3v) is 3.02. The van der Waals surface area contributed by atoms with Crippen molar-refractivity contribution in [3.63, 3.8) is 0 Å². The van der Waals surface area contributed by atoms with Gasteiger partial charge in [-0.3, -0.25) is 9.59 Å². The van der Waals surface area contributed by atoms with Gasteiger partial charge >= 0.3 is 0 Å². The van der Waals surface area contributed by atoms with Crippen LogP contribution in [0.1, 0.15) is 15.9 Å². The average molecular weight is 286 g/mol. The van der Waals surface area contributed by atoms with Crippen molar-refractivity contribution in [2.75, 3.05) is 0 Å². The third kappa shape index (κ3) is 4.14. The summed E-state index contributed by atoms with van der Waals surface area (Å²) < 4.78 is 13.1. The van der Waals surface area contributed by atoms with Crippen LogP contribution in [0.4, 0.5) is 4.39 Å². The minimum atomic E-state index is -0.844. The SMILES string of the molecule is NC(=O)[C@H](Cc1ccccc1)NC(=O)c1cccc(F)c1. The van der Waals surface area contributed by atoms with Crippen molar-refractivity contribution in [1.29, 1.82) is 0 Å². The van der Waals surface area contributed by atoms with E-state index in [1.54, 1.807) is 0 Å². The first-order valence-corrected chi connectivity index (χ1v) is 6.46. The van der Waals surface area contributed by atoms with E-state index < -0.39 is 23.7 Å². The molecule has 2 aromatic carbocycles. The van der Waals surface area contributed by atoms with Crippen LogP contribution in [0, 0.1) is 5.82 Å². The van der Waals surface area contributed by atoms with Crippen LogP contribution in [0.15, 0.2) is 54.6 Å². The van der Waals surface area contributed by atoms with Crippen LogP contribution in [0.25, 0.3) is 0 Å². The molecule has 0 saturated heterocycles. The molecule has 0 bridgehead atoms. The molecule has 1 atom stereocenters. The quantitative estimate of drug-likeness (QED) is 0.877. The Balaban J connectivity index is 2.10. The highest BCUT2D eigenvalue weighted by Crippen LogP contribution is 2.06. The van der Waals surface area contributed by atoms with Gasteiger partial charge in [0.2, 0.25) is 5.91 Å². The van der Waals surface area contributed by atoms with E-state index in [1.165, 1.54) is 18.2 Å². The van der Waals surface area contributed by atoms with E-state index in [0.29, 0.717) is 0 Å². The average Bonchev–Trinajstić information content (AvgIpc) is 2.47. The fourth-order valence-corrected chi connectivity index (χ4v) is 1.94. The van der Waals surface area contributed by atoms with E-state index in [1.807, 2.05) is 30.3 Å². The lowest BCUT2D eigenvalue weighted by Gasteiger charge is -2.15. The van der Waals surface area contributed by atoms with Gasteiger partial charge in [-0.2, -0.15) is 0 Å². The monoisotopic (exact) mass is 286 g/mol. The normalized spacial score (nSPS) is 11.7. The molecular formula is C16H15FN2O2. The molecule has 2 rings (SSSR count). The molecule has 2 aromatic rings. The van der Waals surface area contributed by atoms with E-state index in [4.69, 9.17) is 5.73 Å². The summed E-state index contributed by atoms with van der Waals surface area (Å²) in [6.07, 6.45) is 0.289. The Morgan fingerprint density at radius 1 is 1.10 bits per heavy atom. The number of carbonyl (C=O) groups excluding carboxylic acids is 2. The van der Waals surface area contributed by atoms with E-state index in [2.05, 4.69) is 5.32 Å². The Morgan fingerprint density at radius 3 is 2.43 bits per heavy atom. The molecule has 0 aliphatic rings. The molecular weight excluding hydrogens is 271 g/mol. The van der Waals surface area contributed by atoms with Gasteiger partial charge in [0.15, 0.2) is 0 Å². The molecule has 4 nitrogen and oxygen atoms in total. The van der Waals surface area contributed by atoms with Gasteiger partial charge in [0.05, 0.1) is 0 Å². The standard InChI is InChI=1S/C16H15FN2O2/c17-13-8-4-7-12(10-13)16(21)19-14(15(18)20)9-11-5-2-1-3-6-11/h1-8,10,14H,9H2,(H2,18,20)(H,19,21)/t14-/m0/s1. The van der Waals surface area contributed by atoms with Crippen molar-refractivity contribution in [2.24, 2.45) is 5.73 Å². The first-order chi connectivity index (χ1) is 10.1. The number of nitrogens with one attached hydrogen (secondary N) is 1. The number of hydrogen-bond acceptors (Lipinski definition) is 2. The number of primary amides is 1. The largest absolute Gasteiger partial charge is 0.368 e. The summed E-state index contributed by atoms with van der Waals surface area (Å²) in [7, 11) is 0. The predicted octanol–water partition coefficient (Wildman–Crippen LogP) is 1.65. The molecule has 21 heavy (non-hydrogen) atoms. The van der Waals surface area contributed by atoms with Gasteiger partial charge in [0.25, 0.3) is 5.91 Å². The number of hydrogen-bond donors (Lipinski definition) is 2. The molecule has 0 unspecified atom stereocenters. The first-order valence-electron chi connectivity index (χ1n) is 6.46. The van der Waals surface area contributed by atoms with Gasteiger partial charge in [-0.05, 0) is 23.8 Å². The van der Waals surface area contributed by atoms with Crippen molar-refractivity contribution in [1.82, 2.24) is 5.32 Å². The Hall–Kier alpha value is -2.69. The number of halogens is 1. The van der Waals surface area contributed by atoms with Crippen LogP contribution < -0.4 is 11.1 Å². The third-order valence-electron chi connectivity index (χ3n) is 3.02. The molecule has 5 heteroatoms. The lowest BCUT2D eigenvalue weighted by Crippen LogP contribution is -2.45. The Bertz CT molecular complexity index is 644. The zero-order chi connectivity index (χ0) is 15.2. The molecule has 108 valence electrons. The molecule has 2 amide bonds. The van der Waals surface area contributed by atoms with Crippen molar-refractivity contribution < 1.29 is 14.0 Å². The highest BCUT2D eigenvalue weighted by molar-refractivity contribution is 5.97. The molecule has 0 spiro atoms. The fourth-order valence-electron chi connectivity index (χ4n) is 1.94. The summed E-state index contributed by atoms with van der Waals surface area (Å²) >= 11 is 0. The van der Waals surface area contributed by atoms with Gasteiger partial charge in [-0.15, -0.1) is 0 Å². The number of rotatable bonds is 5. The van der Waals surface area contributed by atoms with Crippen LogP contribution >= 0.6 is 0 Å². The summed E-state index contributed by atoms with van der Waals surface area (Å²) in [4.78, 5) is 23.5. The van der Waals surface area contributed by atoms with Crippen LogP contribution in [0.3, 0.4) is 0 Å². The number of carbonyl (C=O) groups is 2. The minimum absolute atomic E-state index is 0.148. The van der Waals surface area contributed by atoms with Crippen molar-refractivity contribution in [3.05, 3.63) is 71.5 Å². The summed E-state index contributed by atoms with van der Waals surface area (Å²) in [5, 5.41) is 2.53. The molecule has 0 saturated carbocycles. The maximum Gasteiger partial charge on any atom is 0.252 e. The second-order valence-corrected chi connectivity index (χ2v) is 4.63. The van der Waals surface area contributed by atoms with Crippen LogP contribution in [0.5, 0.6) is 0 Å². The van der Waals surface area contributed by atoms with E-state index in [9.17, 15) is 14.0 Å². The second kappa shape index (κ2) is 6.65. The zero-order valence-electron chi connectivity index (χ0n) is 11.3. The highest BCUT2D eigenvalue weighted by atomic mass is 19.1. The van der Waals surface area contributed by atoms with Gasteiger partial charge < -0.3 is 11.1 Å². The molecule has 3 N–H and O–H groups in total. The maximum absolute atomic E-state index is 13.1. The number of nitrogens with two attached hydrogens (primary N) is 1. The van der Waals surface area contributed by atoms with Gasteiger partial charge in [-0.25, -0.2) is 4.39 Å². The van der Waals surface area contributed by atoms with Crippen molar-refractivity contribution >= 4 is 11.8 Å². The molecule has 0 aliphatic heterocycles. The zero-order valence-corrected chi connectivity index (χ0v) is 11.3. The predicted molar refractivity (Wildman–Crippen MR) is 77.0 cm³/mol. The summed E-state index contributed by atoms with van der Waals surface area (Å²) in [5.41, 5.74) is 6.34. The number of amides is 2. The Labute approximate surface area is 121 Å². The molecule has 0 fully saturated rings. The smallest absolute Gasteiger partial charge is 0.252 e. The van der Waals surface area contributed by atoms with Crippen LogP contribution in [0.2, 0.25) is 0 Å². The van der Waals surface area contributed by atoms with Crippen molar-refractivity contribution in [2.45, 2.75) is 12.5 Å². The van der Waals surface area contributed by atoms with Gasteiger partial charge in [0.1, 0.15) is 11.9 Å². The topological polar surface area (TPSA) is 72.2 Å². The fraction of sp³-hybridized carbons (Fsp3) is 0.125. The van der Waals surface area contributed by atoms with Crippen LogP contribution in [-0.2, 0) is 11.2 Å². The van der Waals surface area contributed by atoms with E-state index in [-0.39, 0.29) is 12.0 Å². The van der Waals surface area contributed by atoms with Crippen molar-refractivity contribution in [3.8, 4) is 0 Å². The Kier molecular flexibility index (Phi) is 4.66. The van der Waals surface area contributed by atoms with Gasteiger partial charge in [0, 0.05) is 12.0 Å².